The van der Waals surface area contributed by atoms with Crippen LogP contribution < -0.4 is 60.3 Å². The number of rotatable bonds is 24. The number of ether oxygens (including phenoxy) is 12. The second kappa shape index (κ2) is 57.5. The van der Waals surface area contributed by atoms with Gasteiger partial charge >= 0.3 is 0 Å². The second-order valence-corrected chi connectivity index (χ2v) is 37.5. The molecule has 0 aromatic heterocycles. The minimum Gasteiger partial charge on any atom is -0.487 e. The zero-order valence-electron chi connectivity index (χ0n) is 78.8. The van der Waals surface area contributed by atoms with Gasteiger partial charge in [0, 0.05) is 74.9 Å². The lowest BCUT2D eigenvalue weighted by Gasteiger charge is -2.16. The van der Waals surface area contributed by atoms with E-state index in [0.717, 1.165) is 137 Å². The second-order valence-electron chi connectivity index (χ2n) is 30.5. The van der Waals surface area contributed by atoms with Crippen molar-refractivity contribution in [3.63, 3.8) is 0 Å². The number of aryl methyl sites for hydroxylation is 13. The Morgan fingerprint density at radius 3 is 0.861 bits per heavy atom. The van der Waals surface area contributed by atoms with Crippen molar-refractivity contribution in [1.82, 2.24) is 0 Å². The Morgan fingerprint density at radius 2 is 0.504 bits per heavy atom. The van der Waals surface area contributed by atoms with Gasteiger partial charge in [0.2, 0.25) is 0 Å². The van der Waals surface area contributed by atoms with E-state index in [1.165, 1.54) is 48.7 Å². The van der Waals surface area contributed by atoms with Gasteiger partial charge in [0.1, 0.15) is 80.0 Å². The van der Waals surface area contributed by atoms with E-state index >= 15 is 0 Å². The van der Waals surface area contributed by atoms with Crippen molar-refractivity contribution >= 4 is 258 Å². The molecule has 18 nitrogen and oxygen atoms in total. The van der Waals surface area contributed by atoms with Crippen molar-refractivity contribution in [1.29, 1.82) is 0 Å². The summed E-state index contributed by atoms with van der Waals surface area (Å²) in [5, 5.41) is 23.8. The van der Waals surface area contributed by atoms with Crippen LogP contribution >= 0.6 is 193 Å². The highest BCUT2D eigenvalue weighted by Crippen LogP contribution is 2.39. The number of halogens is 10. The third-order valence-corrected chi connectivity index (χ3v) is 26.5. The first-order valence-electron chi connectivity index (χ1n) is 41.8. The molecule has 0 aliphatic heterocycles. The minimum absolute atomic E-state index is 0.0174. The topological polar surface area (TPSA) is 183 Å². The first kappa shape index (κ1) is 115. The molecule has 6 N–H and O–H groups in total. The smallest absolute Gasteiger partial charge is 0.260 e. The van der Waals surface area contributed by atoms with Crippen LogP contribution in [0.25, 0.3) is 0 Å². The standard InChI is InChI=1S/C18H20ClNO2S.C17H17BrClNO2S.C17H17Cl2NO2S.C17H17ClFNO2S.C17H17ClINO2S.C17H18ClNO2S/c1-11-6-5-7-16(20-18(23)21-4)14(11)10-22-17-9-13(3)12(2)8-15(17)19;2*1-10-7-14(19)16(8-11(10)2)22-9-12-13(18)5-4-6-15(12)20-17(23)21-3;2*1-10-7-13(18)16(8-11(10)2)22-9-12-14(19)5-4-6-15(12)20-17(23)21-3;1-11-8-14(18)16(9-12(11)2)21-10-13-6-4-5-7-15(13)19-17(22)20-3/h5-9H,10H2,1-4H3,(H,20,23);4*4-8H,9H2,1-3H3,(H,20,23);4-9H,10H2,1-3H3,(H,19,22). The molecule has 12 aromatic carbocycles. The summed E-state index contributed by atoms with van der Waals surface area (Å²) in [4.78, 5) is 0. The molecule has 0 atom stereocenters. The van der Waals surface area contributed by atoms with Crippen molar-refractivity contribution in [2.45, 2.75) is 130 Å². The van der Waals surface area contributed by atoms with Gasteiger partial charge in [-0.3, -0.25) is 0 Å². The van der Waals surface area contributed by atoms with Crippen molar-refractivity contribution < 1.29 is 61.2 Å². The number of hydrogen-bond acceptors (Lipinski definition) is 18. The molecule has 0 bridgehead atoms. The van der Waals surface area contributed by atoms with Crippen LogP contribution in [0.5, 0.6) is 34.5 Å². The maximum Gasteiger partial charge on any atom is 0.260 e. The van der Waals surface area contributed by atoms with Crippen LogP contribution in [0.15, 0.2) is 193 Å². The third kappa shape index (κ3) is 36.1. The van der Waals surface area contributed by atoms with E-state index in [2.05, 4.69) is 70.4 Å². The average Bonchev–Trinajstić information content (AvgIpc) is 0.837. The van der Waals surface area contributed by atoms with Crippen LogP contribution in [0.2, 0.25) is 35.2 Å². The summed E-state index contributed by atoms with van der Waals surface area (Å²) in [6.07, 6.45) is 0. The molecule has 726 valence electrons. The van der Waals surface area contributed by atoms with Crippen LogP contribution in [0.4, 0.5) is 38.5 Å². The number of hydrogen-bond donors (Lipinski definition) is 6. The lowest BCUT2D eigenvalue weighted by atomic mass is 10.1. The van der Waals surface area contributed by atoms with Crippen LogP contribution in [0.1, 0.15) is 106 Å². The van der Waals surface area contributed by atoms with E-state index < -0.39 is 5.82 Å². The Labute approximate surface area is 892 Å². The highest BCUT2D eigenvalue weighted by atomic mass is 127. The van der Waals surface area contributed by atoms with E-state index in [-0.39, 0.29) is 23.6 Å². The van der Waals surface area contributed by atoms with Gasteiger partial charge in [-0.15, -0.1) is 0 Å². The largest absolute Gasteiger partial charge is 0.487 e. The van der Waals surface area contributed by atoms with Crippen molar-refractivity contribution in [2.24, 2.45) is 0 Å². The van der Waals surface area contributed by atoms with Gasteiger partial charge in [0.15, 0.2) is 0 Å². The zero-order chi connectivity index (χ0) is 101. The fourth-order valence-electron chi connectivity index (χ4n) is 12.1. The third-order valence-electron chi connectivity index (χ3n) is 21.0. The maximum absolute atomic E-state index is 14.1. The predicted molar refractivity (Wildman–Crippen MR) is 600 cm³/mol. The molecule has 0 heterocycles. The summed E-state index contributed by atoms with van der Waals surface area (Å²) < 4.78 is 81.2. The molecule has 0 spiro atoms. The molecule has 0 radical (unpaired) electrons. The number of thiocarbonyl (C=S) groups is 6. The number of benzene rings is 12. The lowest BCUT2D eigenvalue weighted by Crippen LogP contribution is -2.14. The first-order valence-corrected chi connectivity index (χ1v) is 48.8. The van der Waals surface area contributed by atoms with Crippen LogP contribution in [-0.2, 0) is 68.1 Å². The molecule has 0 saturated carbocycles. The number of para-hydroxylation sites is 1. The summed E-state index contributed by atoms with van der Waals surface area (Å²) in [6.45, 7) is 28.0. The van der Waals surface area contributed by atoms with E-state index in [1.54, 1.807) is 18.2 Å². The lowest BCUT2D eigenvalue weighted by molar-refractivity contribution is 0.300. The van der Waals surface area contributed by atoms with Crippen molar-refractivity contribution in [2.75, 3.05) is 74.6 Å². The molecule has 34 heteroatoms. The summed E-state index contributed by atoms with van der Waals surface area (Å²) in [6, 6.07) is 58.5. The minimum atomic E-state index is -0.395. The van der Waals surface area contributed by atoms with E-state index in [0.29, 0.717) is 128 Å². The molecular weight excluding hydrogens is 2180 g/mol. The molecule has 12 aromatic rings. The Morgan fingerprint density at radius 1 is 0.263 bits per heavy atom. The zero-order valence-corrected chi connectivity index (χ0v) is 92.7. The maximum atomic E-state index is 14.1. The normalized spacial score (nSPS) is 10.3. The first-order chi connectivity index (χ1) is 65.1. The van der Waals surface area contributed by atoms with Gasteiger partial charge in [-0.05, 0) is 392 Å². The molecule has 0 aliphatic rings. The van der Waals surface area contributed by atoms with Crippen LogP contribution in [0.3, 0.4) is 0 Å². The average molecular weight is 2290 g/mol. The predicted octanol–water partition coefficient (Wildman–Crippen LogP) is 31.7. The highest BCUT2D eigenvalue weighted by molar-refractivity contribution is 14.1. The summed E-state index contributed by atoms with van der Waals surface area (Å²) in [7, 11) is 9.08. The molecule has 0 fully saturated rings. The summed E-state index contributed by atoms with van der Waals surface area (Å²) >= 11 is 79.8. The van der Waals surface area contributed by atoms with Gasteiger partial charge in [0.25, 0.3) is 31.0 Å². The Kier molecular flexibility index (Phi) is 48.1. The Bertz CT molecular complexity index is 5570. The molecule has 0 saturated heterocycles. The van der Waals surface area contributed by atoms with Gasteiger partial charge < -0.3 is 88.7 Å². The summed E-state index contributed by atoms with van der Waals surface area (Å²) in [5.41, 5.74) is 24.3. The van der Waals surface area contributed by atoms with Gasteiger partial charge in [-0.2, -0.15) is 0 Å². The number of nitrogens with one attached hydrogen (secondary N) is 6. The van der Waals surface area contributed by atoms with Crippen LogP contribution in [0, 0.1) is 99.4 Å². The fraction of sp³-hybridized carbons (Fsp3) is 0.243. The van der Waals surface area contributed by atoms with Crippen LogP contribution in [-0.4, -0.2) is 73.7 Å². The van der Waals surface area contributed by atoms with Gasteiger partial charge in [-0.25, -0.2) is 4.39 Å². The van der Waals surface area contributed by atoms with Crippen molar-refractivity contribution in [3.05, 3.63) is 343 Å². The summed E-state index contributed by atoms with van der Waals surface area (Å²) in [5.74, 6) is 3.43. The molecule has 0 amide bonds. The molecule has 137 heavy (non-hydrogen) atoms. The molecule has 0 aliphatic carbocycles. The highest BCUT2D eigenvalue weighted by Gasteiger charge is 2.20. The molecule has 0 unspecified atom stereocenters. The van der Waals surface area contributed by atoms with E-state index in [9.17, 15) is 4.39 Å². The van der Waals surface area contributed by atoms with Crippen molar-refractivity contribution in [3.8, 4) is 34.5 Å². The Balaban J connectivity index is 0.000000224. The molecular formula is C103H106BrCl7FIN6O12S6. The van der Waals surface area contributed by atoms with Gasteiger partial charge in [0.05, 0.1) is 78.5 Å². The SMILES string of the molecule is COC(=S)Nc1cccc(Br)c1COc1cc(C)c(C)cc1Cl.COC(=S)Nc1cccc(C)c1COc1cc(C)c(C)cc1Cl.COC(=S)Nc1cccc(Cl)c1COc1cc(C)c(C)cc1Cl.COC(=S)Nc1cccc(F)c1COc1cc(C)c(C)cc1Cl.COC(=S)Nc1cccc(I)c1COc1cc(C)c(C)cc1Cl.COC(=S)Nc1ccccc1COc1cc(C)c(C)cc1Cl. The number of anilines is 6. The van der Waals surface area contributed by atoms with E-state index in [4.69, 9.17) is 211 Å². The monoisotopic (exact) mass is 2280 g/mol. The fourth-order valence-corrected chi connectivity index (χ4v) is 15.8. The number of methoxy groups -OCH3 is 6. The quantitative estimate of drug-likeness (QED) is 0.0248. The van der Waals surface area contributed by atoms with Gasteiger partial charge in [-0.1, -0.05) is 152 Å². The molecule has 12 rings (SSSR count). The Hall–Kier alpha value is -9.25. The van der Waals surface area contributed by atoms with E-state index in [1.807, 2.05) is 254 Å².